The smallest absolute Gasteiger partial charge is 0.139 e. The van der Waals surface area contributed by atoms with E-state index < -0.39 is 0 Å². The highest BCUT2D eigenvalue weighted by Gasteiger charge is 2.33. The van der Waals surface area contributed by atoms with Gasteiger partial charge in [0.1, 0.15) is 5.75 Å². The zero-order chi connectivity index (χ0) is 15.0. The van der Waals surface area contributed by atoms with Crippen molar-refractivity contribution in [2.24, 2.45) is 0 Å². The van der Waals surface area contributed by atoms with Gasteiger partial charge >= 0.3 is 0 Å². The maximum Gasteiger partial charge on any atom is 0.139 e. The van der Waals surface area contributed by atoms with E-state index in [9.17, 15) is 0 Å². The van der Waals surface area contributed by atoms with Crippen LogP contribution in [0, 0.1) is 0 Å². The van der Waals surface area contributed by atoms with E-state index in [2.05, 4.69) is 44.0 Å². The quantitative estimate of drug-likeness (QED) is 0.881. The van der Waals surface area contributed by atoms with Gasteiger partial charge in [0, 0.05) is 35.9 Å². The first-order chi connectivity index (χ1) is 9.22. The van der Waals surface area contributed by atoms with Gasteiger partial charge < -0.3 is 15.0 Å². The lowest BCUT2D eigenvalue weighted by atomic mass is 9.96. The summed E-state index contributed by atoms with van der Waals surface area (Å²) in [4.78, 5) is 2.40. The van der Waals surface area contributed by atoms with Crippen molar-refractivity contribution < 1.29 is 4.74 Å². The first kappa shape index (κ1) is 18.4. The molecule has 1 saturated heterocycles. The molecule has 1 heterocycles. The van der Waals surface area contributed by atoms with Gasteiger partial charge in [0.2, 0.25) is 0 Å². The van der Waals surface area contributed by atoms with E-state index in [1.165, 1.54) is 5.69 Å². The van der Waals surface area contributed by atoms with Crippen molar-refractivity contribution in [1.82, 2.24) is 5.32 Å². The van der Waals surface area contributed by atoms with Crippen LogP contribution < -0.4 is 15.0 Å². The van der Waals surface area contributed by atoms with Crippen molar-refractivity contribution in [3.05, 3.63) is 23.2 Å². The van der Waals surface area contributed by atoms with Crippen molar-refractivity contribution in [3.63, 3.8) is 0 Å². The fraction of sp³-hybridized carbons (Fsp3) is 0.625. The third-order valence-electron chi connectivity index (χ3n) is 3.77. The summed E-state index contributed by atoms with van der Waals surface area (Å²) in [5.74, 6) is 0.735. The number of methoxy groups -OCH3 is 1. The zero-order valence-electron chi connectivity index (χ0n) is 13.5. The van der Waals surface area contributed by atoms with E-state index in [-0.39, 0.29) is 23.5 Å². The lowest BCUT2D eigenvalue weighted by molar-refractivity contribution is 0.284. The van der Waals surface area contributed by atoms with Crippen molar-refractivity contribution in [1.29, 1.82) is 0 Å². The molecular weight excluding hydrogens is 307 g/mol. The molecule has 0 aliphatic carbocycles. The Bertz CT molecular complexity index is 489. The molecule has 1 aromatic carbocycles. The summed E-state index contributed by atoms with van der Waals surface area (Å²) in [6, 6.07) is 6.00. The summed E-state index contributed by atoms with van der Waals surface area (Å²) < 4.78 is 5.33. The van der Waals surface area contributed by atoms with Gasteiger partial charge in [0.25, 0.3) is 0 Å². The molecular formula is C16H26Cl2N2O. The van der Waals surface area contributed by atoms with Gasteiger partial charge in [0.15, 0.2) is 0 Å². The van der Waals surface area contributed by atoms with Crippen LogP contribution in [0.1, 0.15) is 34.1 Å². The largest absolute Gasteiger partial charge is 0.495 e. The number of halogens is 2. The van der Waals surface area contributed by atoms with Crippen LogP contribution in [-0.4, -0.2) is 31.3 Å². The molecule has 1 aromatic rings. The van der Waals surface area contributed by atoms with Crippen LogP contribution in [0.15, 0.2) is 18.2 Å². The number of hydrogen-bond donors (Lipinski definition) is 1. The second kappa shape index (κ2) is 6.64. The molecule has 0 saturated carbocycles. The van der Waals surface area contributed by atoms with Crippen LogP contribution in [0.2, 0.25) is 5.02 Å². The van der Waals surface area contributed by atoms with E-state index in [1.807, 2.05) is 12.1 Å². The van der Waals surface area contributed by atoms with E-state index in [0.717, 1.165) is 25.3 Å². The fourth-order valence-electron chi connectivity index (χ4n) is 3.05. The summed E-state index contributed by atoms with van der Waals surface area (Å²) >= 11 is 6.11. The van der Waals surface area contributed by atoms with Crippen LogP contribution in [0.3, 0.4) is 0 Å². The molecule has 1 fully saturated rings. The second-order valence-electron chi connectivity index (χ2n) is 6.88. The number of nitrogens with zero attached hydrogens (tertiary/aromatic N) is 1. The topological polar surface area (TPSA) is 24.5 Å². The van der Waals surface area contributed by atoms with Crippen LogP contribution in [-0.2, 0) is 0 Å². The van der Waals surface area contributed by atoms with Crippen LogP contribution in [0.4, 0.5) is 5.69 Å². The molecule has 2 rings (SSSR count). The molecule has 0 atom stereocenters. The molecule has 120 valence electrons. The highest BCUT2D eigenvalue weighted by atomic mass is 35.5. The first-order valence-electron chi connectivity index (χ1n) is 7.10. The SMILES string of the molecule is COc1cc(N2CCC(C)(C)NC(C)(C)C2)ccc1Cl.Cl. The minimum absolute atomic E-state index is 0. The van der Waals surface area contributed by atoms with Crippen molar-refractivity contribution in [3.8, 4) is 5.75 Å². The summed E-state index contributed by atoms with van der Waals surface area (Å²) in [6.45, 7) is 11.0. The Morgan fingerprint density at radius 3 is 2.48 bits per heavy atom. The highest BCUT2D eigenvalue weighted by molar-refractivity contribution is 6.32. The van der Waals surface area contributed by atoms with Crippen molar-refractivity contribution in [2.45, 2.75) is 45.2 Å². The third-order valence-corrected chi connectivity index (χ3v) is 4.08. The van der Waals surface area contributed by atoms with Gasteiger partial charge in [-0.05, 0) is 46.2 Å². The Kier molecular flexibility index (Phi) is 5.82. The second-order valence-corrected chi connectivity index (χ2v) is 7.29. The van der Waals surface area contributed by atoms with Crippen LogP contribution in [0.5, 0.6) is 5.75 Å². The number of nitrogens with one attached hydrogen (secondary N) is 1. The van der Waals surface area contributed by atoms with Crippen LogP contribution >= 0.6 is 24.0 Å². The molecule has 21 heavy (non-hydrogen) atoms. The lowest BCUT2D eigenvalue weighted by Crippen LogP contribution is -2.53. The lowest BCUT2D eigenvalue weighted by Gasteiger charge is -2.35. The monoisotopic (exact) mass is 332 g/mol. The average Bonchev–Trinajstić information content (AvgIpc) is 2.44. The number of ether oxygens (including phenoxy) is 1. The van der Waals surface area contributed by atoms with Gasteiger partial charge in [-0.25, -0.2) is 0 Å². The van der Waals surface area contributed by atoms with E-state index in [1.54, 1.807) is 7.11 Å². The minimum Gasteiger partial charge on any atom is -0.495 e. The van der Waals surface area contributed by atoms with Gasteiger partial charge in [-0.15, -0.1) is 12.4 Å². The Morgan fingerprint density at radius 1 is 1.19 bits per heavy atom. The molecule has 5 heteroatoms. The minimum atomic E-state index is 0. The molecule has 0 radical (unpaired) electrons. The highest BCUT2D eigenvalue weighted by Crippen LogP contribution is 2.32. The fourth-order valence-corrected chi connectivity index (χ4v) is 3.25. The molecule has 1 N–H and O–H groups in total. The number of hydrogen-bond acceptors (Lipinski definition) is 3. The molecule has 0 spiro atoms. The number of rotatable bonds is 2. The Labute approximate surface area is 139 Å². The number of anilines is 1. The van der Waals surface area contributed by atoms with Gasteiger partial charge in [-0.2, -0.15) is 0 Å². The first-order valence-corrected chi connectivity index (χ1v) is 7.48. The predicted molar refractivity (Wildman–Crippen MR) is 93.4 cm³/mol. The number of benzene rings is 1. The molecule has 1 aliphatic rings. The Balaban J connectivity index is 0.00000220. The summed E-state index contributed by atoms with van der Waals surface area (Å²) in [7, 11) is 1.65. The molecule has 0 unspecified atom stereocenters. The molecule has 0 amide bonds. The standard InChI is InChI=1S/C16H25ClN2O.ClH/c1-15(2)8-9-19(11-16(3,4)18-15)12-6-7-13(17)14(10-12)20-5;/h6-7,10,18H,8-9,11H2,1-5H3;1H. The van der Waals surface area contributed by atoms with Crippen molar-refractivity contribution in [2.75, 3.05) is 25.1 Å². The van der Waals surface area contributed by atoms with Gasteiger partial charge in [0.05, 0.1) is 12.1 Å². The van der Waals surface area contributed by atoms with E-state index in [4.69, 9.17) is 16.3 Å². The third kappa shape index (κ3) is 4.67. The van der Waals surface area contributed by atoms with E-state index >= 15 is 0 Å². The Hall–Kier alpha value is -0.640. The predicted octanol–water partition coefficient (Wildman–Crippen LogP) is 4.13. The summed E-state index contributed by atoms with van der Waals surface area (Å²) in [5.41, 5.74) is 1.38. The molecule has 3 nitrogen and oxygen atoms in total. The molecule has 1 aliphatic heterocycles. The summed E-state index contributed by atoms with van der Waals surface area (Å²) in [5, 5.41) is 4.39. The summed E-state index contributed by atoms with van der Waals surface area (Å²) in [6.07, 6.45) is 1.10. The van der Waals surface area contributed by atoms with E-state index in [0.29, 0.717) is 5.02 Å². The van der Waals surface area contributed by atoms with Crippen molar-refractivity contribution >= 4 is 29.7 Å². The average molecular weight is 333 g/mol. The molecule has 0 aromatic heterocycles. The van der Waals surface area contributed by atoms with Crippen LogP contribution in [0.25, 0.3) is 0 Å². The zero-order valence-corrected chi connectivity index (χ0v) is 15.1. The molecule has 0 bridgehead atoms. The maximum atomic E-state index is 6.11. The van der Waals surface area contributed by atoms with Gasteiger partial charge in [-0.1, -0.05) is 11.6 Å². The normalized spacial score (nSPS) is 20.4. The maximum absolute atomic E-state index is 6.11. The van der Waals surface area contributed by atoms with Gasteiger partial charge in [-0.3, -0.25) is 0 Å². The Morgan fingerprint density at radius 2 is 1.86 bits per heavy atom.